The van der Waals surface area contributed by atoms with Crippen molar-refractivity contribution >= 4 is 21.4 Å². The second-order valence-corrected chi connectivity index (χ2v) is 11.4. The molecule has 1 amide bonds. The molecular weight excluding hydrogens is 564 g/mol. The van der Waals surface area contributed by atoms with Gasteiger partial charge in [-0.1, -0.05) is 18.2 Å². The van der Waals surface area contributed by atoms with Crippen molar-refractivity contribution in [3.63, 3.8) is 0 Å². The van der Waals surface area contributed by atoms with Gasteiger partial charge >= 0.3 is 6.18 Å². The minimum atomic E-state index is -4.69. The molecule has 216 valence electrons. The van der Waals surface area contributed by atoms with E-state index in [0.29, 0.717) is 5.75 Å². The number of nitrogens with zero attached hydrogens (tertiary/aromatic N) is 1. The molecule has 0 radical (unpaired) electrons. The first kappa shape index (κ1) is 29.8. The lowest BCUT2D eigenvalue weighted by Crippen LogP contribution is -2.24. The number of carbonyl (C=O) groups excluding carboxylic acids is 1. The van der Waals surface area contributed by atoms with Crippen LogP contribution in [0.5, 0.6) is 5.75 Å². The molecule has 1 atom stereocenters. The Morgan fingerprint density at radius 2 is 1.66 bits per heavy atom. The third kappa shape index (κ3) is 7.14. The number of aliphatic hydroxyl groups excluding tert-OH is 1. The number of ether oxygens (including phenoxy) is 1. The number of sulfone groups is 1. The SMILES string of the molecule is Cc1c(C(=O)Nc2ccc(S(C)(=O)=O)cc2)cn(C[C@H](O)COc2ccc(F)cc2)c1-c1ccccc1C(F)(F)F. The van der Waals surface area contributed by atoms with Crippen LogP contribution in [0.4, 0.5) is 23.2 Å². The largest absolute Gasteiger partial charge is 0.491 e. The van der Waals surface area contributed by atoms with Gasteiger partial charge in [0.05, 0.1) is 28.3 Å². The standard InChI is InChI=1S/C29H26F4N2O5S/c1-18-25(28(37)34-20-9-13-23(14-10-20)41(2,38)39)16-35(15-21(36)17-40-22-11-7-19(30)8-12-22)27(18)24-5-3-4-6-26(24)29(31,32)33/h3-14,16,21,36H,15,17H2,1-2H3,(H,34,37)/t21-/m0/s1. The van der Waals surface area contributed by atoms with Gasteiger partial charge in [0.25, 0.3) is 5.91 Å². The smallest absolute Gasteiger partial charge is 0.417 e. The van der Waals surface area contributed by atoms with Gasteiger partial charge in [-0.2, -0.15) is 13.2 Å². The van der Waals surface area contributed by atoms with Crippen LogP contribution in [-0.2, 0) is 22.6 Å². The molecular formula is C29H26F4N2O5S. The molecule has 4 rings (SSSR count). The normalized spacial score (nSPS) is 12.7. The number of alkyl halides is 3. The average Bonchev–Trinajstić information content (AvgIpc) is 3.23. The fraction of sp³-hybridized carbons (Fsp3) is 0.207. The number of anilines is 1. The number of hydrogen-bond acceptors (Lipinski definition) is 5. The molecule has 0 spiro atoms. The Labute approximate surface area is 233 Å². The van der Waals surface area contributed by atoms with Crippen LogP contribution in [-0.4, -0.2) is 43.0 Å². The van der Waals surface area contributed by atoms with Gasteiger partial charge in [0.15, 0.2) is 9.84 Å². The van der Waals surface area contributed by atoms with Gasteiger partial charge in [0.2, 0.25) is 0 Å². The lowest BCUT2D eigenvalue weighted by molar-refractivity contribution is -0.137. The van der Waals surface area contributed by atoms with Gasteiger partial charge in [0, 0.05) is 23.7 Å². The molecule has 3 aromatic carbocycles. The van der Waals surface area contributed by atoms with E-state index in [-0.39, 0.29) is 46.1 Å². The molecule has 0 aliphatic heterocycles. The molecule has 41 heavy (non-hydrogen) atoms. The lowest BCUT2D eigenvalue weighted by atomic mass is 10.00. The second kappa shape index (κ2) is 11.8. The number of nitrogens with one attached hydrogen (secondary N) is 1. The van der Waals surface area contributed by atoms with Crippen molar-refractivity contribution in [2.45, 2.75) is 30.6 Å². The van der Waals surface area contributed by atoms with Crippen molar-refractivity contribution in [2.75, 3.05) is 18.2 Å². The van der Waals surface area contributed by atoms with E-state index in [0.717, 1.165) is 12.3 Å². The van der Waals surface area contributed by atoms with E-state index in [4.69, 9.17) is 4.74 Å². The first-order chi connectivity index (χ1) is 19.2. The fourth-order valence-corrected chi connectivity index (χ4v) is 4.94. The van der Waals surface area contributed by atoms with Gasteiger partial charge in [-0.05, 0) is 67.1 Å². The number of amides is 1. The van der Waals surface area contributed by atoms with E-state index in [9.17, 15) is 35.9 Å². The number of halogens is 4. The van der Waals surface area contributed by atoms with Crippen LogP contribution >= 0.6 is 0 Å². The predicted molar refractivity (Wildman–Crippen MR) is 145 cm³/mol. The number of rotatable bonds is 9. The number of carbonyl (C=O) groups is 1. The molecule has 1 aromatic heterocycles. The van der Waals surface area contributed by atoms with Gasteiger partial charge in [-0.25, -0.2) is 12.8 Å². The van der Waals surface area contributed by atoms with E-state index in [1.807, 2.05) is 0 Å². The van der Waals surface area contributed by atoms with Crippen LogP contribution in [0.1, 0.15) is 21.5 Å². The summed E-state index contributed by atoms with van der Waals surface area (Å²) < 4.78 is 85.3. The summed E-state index contributed by atoms with van der Waals surface area (Å²) in [5, 5.41) is 13.3. The fourth-order valence-electron chi connectivity index (χ4n) is 4.31. The molecule has 0 fully saturated rings. The Morgan fingerprint density at radius 1 is 1.02 bits per heavy atom. The van der Waals surface area contributed by atoms with Crippen molar-refractivity contribution in [3.8, 4) is 17.0 Å². The highest BCUT2D eigenvalue weighted by molar-refractivity contribution is 7.90. The third-order valence-electron chi connectivity index (χ3n) is 6.27. The number of aromatic nitrogens is 1. The summed E-state index contributed by atoms with van der Waals surface area (Å²) >= 11 is 0. The zero-order valence-corrected chi connectivity index (χ0v) is 22.8. The zero-order chi connectivity index (χ0) is 29.9. The highest BCUT2D eigenvalue weighted by atomic mass is 32.2. The molecule has 7 nitrogen and oxygen atoms in total. The molecule has 0 saturated carbocycles. The van der Waals surface area contributed by atoms with E-state index in [1.54, 1.807) is 0 Å². The second-order valence-electron chi connectivity index (χ2n) is 9.38. The minimum Gasteiger partial charge on any atom is -0.491 e. The van der Waals surface area contributed by atoms with Gasteiger partial charge in [0.1, 0.15) is 24.3 Å². The van der Waals surface area contributed by atoms with Crippen molar-refractivity contribution < 1.29 is 40.6 Å². The molecule has 2 N–H and O–H groups in total. The maximum atomic E-state index is 13.9. The van der Waals surface area contributed by atoms with Crippen molar-refractivity contribution in [3.05, 3.63) is 102 Å². The number of hydrogen-bond donors (Lipinski definition) is 2. The molecule has 0 aliphatic carbocycles. The summed E-state index contributed by atoms with van der Waals surface area (Å²) in [6, 6.07) is 15.5. The molecule has 0 saturated heterocycles. The van der Waals surface area contributed by atoms with Crippen LogP contribution in [0.3, 0.4) is 0 Å². The first-order valence-corrected chi connectivity index (χ1v) is 14.2. The maximum absolute atomic E-state index is 13.9. The monoisotopic (exact) mass is 590 g/mol. The zero-order valence-electron chi connectivity index (χ0n) is 21.9. The van der Waals surface area contributed by atoms with Crippen LogP contribution in [0.2, 0.25) is 0 Å². The molecule has 12 heteroatoms. The van der Waals surface area contributed by atoms with Crippen molar-refractivity contribution in [2.24, 2.45) is 0 Å². The quantitative estimate of drug-likeness (QED) is 0.243. The predicted octanol–water partition coefficient (Wildman–Crippen LogP) is 5.72. The Morgan fingerprint density at radius 3 is 2.27 bits per heavy atom. The van der Waals surface area contributed by atoms with E-state index in [2.05, 4.69) is 5.32 Å². The van der Waals surface area contributed by atoms with E-state index in [1.165, 1.54) is 84.4 Å². The van der Waals surface area contributed by atoms with Crippen molar-refractivity contribution in [1.82, 2.24) is 4.57 Å². The summed E-state index contributed by atoms with van der Waals surface area (Å²) in [7, 11) is -3.45. The Hall–Kier alpha value is -4.16. The summed E-state index contributed by atoms with van der Waals surface area (Å²) in [5.41, 5.74) is -0.450. The van der Waals surface area contributed by atoms with E-state index < -0.39 is 39.4 Å². The Balaban J connectivity index is 1.67. The van der Waals surface area contributed by atoms with E-state index >= 15 is 0 Å². The van der Waals surface area contributed by atoms with Crippen molar-refractivity contribution in [1.29, 1.82) is 0 Å². The number of aliphatic hydroxyl groups is 1. The molecule has 1 heterocycles. The average molecular weight is 591 g/mol. The van der Waals surface area contributed by atoms with Crippen LogP contribution in [0, 0.1) is 12.7 Å². The van der Waals surface area contributed by atoms with Crippen LogP contribution < -0.4 is 10.1 Å². The van der Waals surface area contributed by atoms with Gasteiger partial charge in [-0.3, -0.25) is 4.79 Å². The first-order valence-electron chi connectivity index (χ1n) is 12.3. The minimum absolute atomic E-state index is 0.0517. The van der Waals surface area contributed by atoms with Crippen LogP contribution in [0.25, 0.3) is 11.3 Å². The summed E-state index contributed by atoms with van der Waals surface area (Å²) in [6.45, 7) is 1.03. The maximum Gasteiger partial charge on any atom is 0.417 e. The topological polar surface area (TPSA) is 97.6 Å². The number of benzene rings is 3. The van der Waals surface area contributed by atoms with Gasteiger partial charge in [-0.15, -0.1) is 0 Å². The molecule has 0 aliphatic rings. The van der Waals surface area contributed by atoms with Crippen LogP contribution in [0.15, 0.2) is 83.9 Å². The molecule has 4 aromatic rings. The lowest BCUT2D eigenvalue weighted by Gasteiger charge is -2.18. The summed E-state index contributed by atoms with van der Waals surface area (Å²) in [6.07, 6.45) is -3.50. The molecule has 0 bridgehead atoms. The summed E-state index contributed by atoms with van der Waals surface area (Å²) in [4.78, 5) is 13.3. The third-order valence-corrected chi connectivity index (χ3v) is 7.40. The highest BCUT2D eigenvalue weighted by Gasteiger charge is 2.35. The highest BCUT2D eigenvalue weighted by Crippen LogP contribution is 2.39. The van der Waals surface area contributed by atoms with Gasteiger partial charge < -0.3 is 19.7 Å². The Kier molecular flexibility index (Phi) is 8.55. The molecule has 0 unspecified atom stereocenters. The Bertz CT molecular complexity index is 1650. The summed E-state index contributed by atoms with van der Waals surface area (Å²) in [5.74, 6) is -0.819.